The minimum absolute atomic E-state index is 0.145. The summed E-state index contributed by atoms with van der Waals surface area (Å²) in [5, 5.41) is 12.0. The predicted octanol–water partition coefficient (Wildman–Crippen LogP) is 0.960. The van der Waals surface area contributed by atoms with Gasteiger partial charge in [0.2, 0.25) is 11.8 Å². The Morgan fingerprint density at radius 1 is 1.27 bits per heavy atom. The SMILES string of the molecule is COc1ccc(CCNC(=O)C2C(C(=O)NO)CC3(CC3)CN2C)cc1. The number of ether oxygens (including phenoxy) is 1. The zero-order chi connectivity index (χ0) is 18.7. The van der Waals surface area contributed by atoms with E-state index in [2.05, 4.69) is 5.32 Å². The molecule has 142 valence electrons. The van der Waals surface area contributed by atoms with Gasteiger partial charge in [-0.1, -0.05) is 12.1 Å². The van der Waals surface area contributed by atoms with Crippen LogP contribution < -0.4 is 15.5 Å². The van der Waals surface area contributed by atoms with Crippen LogP contribution in [0.4, 0.5) is 0 Å². The third-order valence-electron chi connectivity index (χ3n) is 5.64. The number of carbonyl (C=O) groups excluding carboxylic acids is 2. The van der Waals surface area contributed by atoms with Crippen LogP contribution >= 0.6 is 0 Å². The molecule has 1 aliphatic carbocycles. The van der Waals surface area contributed by atoms with E-state index < -0.39 is 17.9 Å². The maximum atomic E-state index is 12.7. The minimum Gasteiger partial charge on any atom is -0.497 e. The molecule has 26 heavy (non-hydrogen) atoms. The summed E-state index contributed by atoms with van der Waals surface area (Å²) < 4.78 is 5.14. The van der Waals surface area contributed by atoms with Crippen LogP contribution in [-0.2, 0) is 16.0 Å². The molecule has 7 heteroatoms. The van der Waals surface area contributed by atoms with Crippen LogP contribution in [0.1, 0.15) is 24.8 Å². The van der Waals surface area contributed by atoms with Crippen molar-refractivity contribution in [2.75, 3.05) is 27.2 Å². The van der Waals surface area contributed by atoms with Gasteiger partial charge in [-0.2, -0.15) is 0 Å². The van der Waals surface area contributed by atoms with E-state index >= 15 is 0 Å². The van der Waals surface area contributed by atoms with E-state index in [1.165, 1.54) is 0 Å². The zero-order valence-corrected chi connectivity index (χ0v) is 15.3. The summed E-state index contributed by atoms with van der Waals surface area (Å²) in [7, 11) is 3.51. The largest absolute Gasteiger partial charge is 0.497 e. The molecule has 2 fully saturated rings. The highest BCUT2D eigenvalue weighted by Crippen LogP contribution is 2.54. The van der Waals surface area contributed by atoms with Crippen molar-refractivity contribution < 1.29 is 19.5 Å². The van der Waals surface area contributed by atoms with Crippen molar-refractivity contribution in [3.05, 3.63) is 29.8 Å². The number of benzene rings is 1. The number of nitrogens with one attached hydrogen (secondary N) is 2. The fourth-order valence-corrected chi connectivity index (χ4v) is 4.04. The van der Waals surface area contributed by atoms with Crippen molar-refractivity contribution in [2.24, 2.45) is 11.3 Å². The van der Waals surface area contributed by atoms with Gasteiger partial charge in [0.1, 0.15) is 11.8 Å². The highest BCUT2D eigenvalue weighted by Gasteiger charge is 2.54. The van der Waals surface area contributed by atoms with E-state index in [1.807, 2.05) is 36.2 Å². The van der Waals surface area contributed by atoms with Gasteiger partial charge in [-0.05, 0) is 55.8 Å². The number of amides is 2. The summed E-state index contributed by atoms with van der Waals surface area (Å²) in [6.45, 7) is 1.31. The molecule has 7 nitrogen and oxygen atoms in total. The molecule has 2 aliphatic rings. The minimum atomic E-state index is -0.552. The van der Waals surface area contributed by atoms with Gasteiger partial charge in [-0.3, -0.25) is 19.7 Å². The number of rotatable bonds is 6. The molecule has 0 radical (unpaired) electrons. The quantitative estimate of drug-likeness (QED) is 0.519. The van der Waals surface area contributed by atoms with E-state index in [1.54, 1.807) is 12.6 Å². The standard InChI is InChI=1S/C19H27N3O4/c1-22-12-19(8-9-19)11-15(17(23)21-25)16(22)18(24)20-10-7-13-3-5-14(26-2)6-4-13/h3-6,15-16,25H,7-12H2,1-2H3,(H,20,24)(H,21,23). The fraction of sp³-hybridized carbons (Fsp3) is 0.579. The molecule has 1 aromatic carbocycles. The molecule has 1 spiro atoms. The zero-order valence-electron chi connectivity index (χ0n) is 15.3. The number of nitrogens with zero attached hydrogens (tertiary/aromatic N) is 1. The number of likely N-dealkylation sites (N-methyl/N-ethyl adjacent to an activating group) is 1. The van der Waals surface area contributed by atoms with Crippen LogP contribution in [0, 0.1) is 11.3 Å². The van der Waals surface area contributed by atoms with Crippen molar-refractivity contribution in [1.82, 2.24) is 15.7 Å². The first-order valence-electron chi connectivity index (χ1n) is 9.03. The molecule has 0 bridgehead atoms. The fourth-order valence-electron chi connectivity index (χ4n) is 4.04. The van der Waals surface area contributed by atoms with Crippen LogP contribution in [-0.4, -0.2) is 55.2 Å². The topological polar surface area (TPSA) is 90.9 Å². The van der Waals surface area contributed by atoms with Gasteiger partial charge in [0.05, 0.1) is 13.0 Å². The number of hydrogen-bond acceptors (Lipinski definition) is 5. The van der Waals surface area contributed by atoms with Gasteiger partial charge >= 0.3 is 0 Å². The number of carbonyl (C=O) groups is 2. The van der Waals surface area contributed by atoms with Crippen LogP contribution in [0.5, 0.6) is 5.75 Å². The van der Waals surface area contributed by atoms with Crippen LogP contribution in [0.15, 0.2) is 24.3 Å². The normalized spacial score (nSPS) is 24.1. The lowest BCUT2D eigenvalue weighted by Gasteiger charge is -2.41. The van der Waals surface area contributed by atoms with E-state index in [0.29, 0.717) is 19.4 Å². The van der Waals surface area contributed by atoms with E-state index in [9.17, 15) is 9.59 Å². The van der Waals surface area contributed by atoms with Crippen LogP contribution in [0.25, 0.3) is 0 Å². The first kappa shape index (κ1) is 18.7. The second-order valence-corrected chi connectivity index (χ2v) is 7.54. The maximum absolute atomic E-state index is 12.7. The molecule has 1 saturated carbocycles. The molecule has 2 atom stereocenters. The molecule has 1 aliphatic heterocycles. The number of hydrogen-bond donors (Lipinski definition) is 3. The Morgan fingerprint density at radius 2 is 1.96 bits per heavy atom. The first-order valence-corrected chi connectivity index (χ1v) is 9.03. The number of piperidine rings is 1. The maximum Gasteiger partial charge on any atom is 0.248 e. The third kappa shape index (κ3) is 3.99. The molecule has 1 heterocycles. The lowest BCUT2D eigenvalue weighted by molar-refractivity contribution is -0.145. The third-order valence-corrected chi connectivity index (χ3v) is 5.64. The molecule has 3 rings (SSSR count). The summed E-state index contributed by atoms with van der Waals surface area (Å²) in [5.41, 5.74) is 2.99. The predicted molar refractivity (Wildman–Crippen MR) is 95.8 cm³/mol. The van der Waals surface area contributed by atoms with Crippen molar-refractivity contribution in [1.29, 1.82) is 0 Å². The highest BCUT2D eigenvalue weighted by molar-refractivity contribution is 5.90. The Morgan fingerprint density at radius 3 is 2.54 bits per heavy atom. The summed E-state index contributed by atoms with van der Waals surface area (Å²) in [5.74, 6) is -0.362. The van der Waals surface area contributed by atoms with E-state index in [0.717, 1.165) is 30.7 Å². The number of likely N-dealkylation sites (tertiary alicyclic amines) is 1. The van der Waals surface area contributed by atoms with Crippen molar-refractivity contribution >= 4 is 11.8 Å². The second-order valence-electron chi connectivity index (χ2n) is 7.54. The first-order chi connectivity index (χ1) is 12.5. The molecule has 1 aromatic rings. The molecule has 1 saturated heterocycles. The van der Waals surface area contributed by atoms with Gasteiger partial charge in [0, 0.05) is 13.1 Å². The summed E-state index contributed by atoms with van der Waals surface area (Å²) in [6.07, 6.45) is 3.52. The highest BCUT2D eigenvalue weighted by atomic mass is 16.5. The van der Waals surface area contributed by atoms with E-state index in [-0.39, 0.29) is 11.3 Å². The smallest absolute Gasteiger partial charge is 0.248 e. The second kappa shape index (κ2) is 7.63. The Balaban J connectivity index is 1.58. The van der Waals surface area contributed by atoms with Gasteiger partial charge in [0.15, 0.2) is 0 Å². The number of hydroxylamine groups is 1. The summed E-state index contributed by atoms with van der Waals surface area (Å²) in [6, 6.07) is 7.17. The average Bonchev–Trinajstić information content (AvgIpc) is 3.39. The van der Waals surface area contributed by atoms with Gasteiger partial charge in [-0.15, -0.1) is 0 Å². The lowest BCUT2D eigenvalue weighted by atomic mass is 9.80. The number of methoxy groups -OCH3 is 1. The Kier molecular flexibility index (Phi) is 5.48. The molecular weight excluding hydrogens is 334 g/mol. The molecule has 0 aromatic heterocycles. The van der Waals surface area contributed by atoms with Gasteiger partial charge < -0.3 is 10.1 Å². The Hall–Kier alpha value is -2.12. The summed E-state index contributed by atoms with van der Waals surface area (Å²) >= 11 is 0. The van der Waals surface area contributed by atoms with E-state index in [4.69, 9.17) is 9.94 Å². The Labute approximate surface area is 153 Å². The van der Waals surface area contributed by atoms with Gasteiger partial charge in [-0.25, -0.2) is 5.48 Å². The van der Waals surface area contributed by atoms with Crippen molar-refractivity contribution in [3.8, 4) is 5.75 Å². The van der Waals surface area contributed by atoms with Crippen molar-refractivity contribution in [3.63, 3.8) is 0 Å². The monoisotopic (exact) mass is 361 g/mol. The summed E-state index contributed by atoms with van der Waals surface area (Å²) in [4.78, 5) is 26.8. The van der Waals surface area contributed by atoms with Crippen LogP contribution in [0.2, 0.25) is 0 Å². The average molecular weight is 361 g/mol. The van der Waals surface area contributed by atoms with Crippen molar-refractivity contribution in [2.45, 2.75) is 31.7 Å². The molecular formula is C19H27N3O4. The molecule has 2 unspecified atom stereocenters. The lowest BCUT2D eigenvalue weighted by Crippen LogP contribution is -2.58. The Bertz CT molecular complexity index is 657. The molecule has 2 amide bonds. The van der Waals surface area contributed by atoms with Gasteiger partial charge in [0.25, 0.3) is 0 Å². The van der Waals surface area contributed by atoms with Crippen LogP contribution in [0.3, 0.4) is 0 Å². The molecule has 3 N–H and O–H groups in total.